The summed E-state index contributed by atoms with van der Waals surface area (Å²) in [5.41, 5.74) is 5.63. The van der Waals surface area contributed by atoms with Crippen LogP contribution in [0.1, 0.15) is 34.0 Å². The largest absolute Gasteiger partial charge is 0.465 e. The summed E-state index contributed by atoms with van der Waals surface area (Å²) in [6.07, 6.45) is 4.82. The minimum Gasteiger partial charge on any atom is -0.465 e. The molecule has 2 aromatic rings. The van der Waals surface area contributed by atoms with Crippen LogP contribution in [-0.2, 0) is 17.7 Å². The van der Waals surface area contributed by atoms with Crippen molar-refractivity contribution in [2.24, 2.45) is 0 Å². The third kappa shape index (κ3) is 5.09. The molecule has 1 amide bonds. The van der Waals surface area contributed by atoms with Crippen molar-refractivity contribution < 1.29 is 14.3 Å². The Hall–Kier alpha value is -2.99. The fourth-order valence-electron chi connectivity index (χ4n) is 3.19. The summed E-state index contributed by atoms with van der Waals surface area (Å²) in [5, 5.41) is 6.25. The van der Waals surface area contributed by atoms with E-state index in [1.54, 1.807) is 12.1 Å². The van der Waals surface area contributed by atoms with Crippen LogP contribution >= 0.6 is 11.8 Å². The number of carbonyl (C=O) groups is 2. The topological polar surface area (TPSA) is 67.4 Å². The molecule has 1 fully saturated rings. The maximum absolute atomic E-state index is 11.6. The van der Waals surface area contributed by atoms with Crippen molar-refractivity contribution in [3.63, 3.8) is 0 Å². The molecule has 2 N–H and O–H groups in total. The van der Waals surface area contributed by atoms with Crippen molar-refractivity contribution in [2.45, 2.75) is 25.1 Å². The number of ether oxygens (including phenoxy) is 1. The molecule has 150 valence electrons. The molecule has 29 heavy (non-hydrogen) atoms. The number of hydrogen-bond donors (Lipinski definition) is 2. The quantitative estimate of drug-likeness (QED) is 0.631. The van der Waals surface area contributed by atoms with Crippen molar-refractivity contribution in [1.29, 1.82) is 0 Å². The SMILES string of the molecule is C=C1NC(=O)SC1Cc1cccc(NCc2ccc(C(=O)OC)cc2)c1/C=C\C. The zero-order chi connectivity index (χ0) is 20.8. The van der Waals surface area contributed by atoms with E-state index in [1.165, 1.54) is 18.9 Å². The van der Waals surface area contributed by atoms with Crippen LogP contribution < -0.4 is 10.6 Å². The van der Waals surface area contributed by atoms with Crippen LogP contribution in [0.15, 0.2) is 60.8 Å². The summed E-state index contributed by atoms with van der Waals surface area (Å²) in [6.45, 7) is 6.57. The average Bonchev–Trinajstić information content (AvgIpc) is 3.04. The number of esters is 1. The summed E-state index contributed by atoms with van der Waals surface area (Å²) in [5.74, 6) is -0.341. The number of hydrogen-bond acceptors (Lipinski definition) is 5. The third-order valence-electron chi connectivity index (χ3n) is 4.69. The van der Waals surface area contributed by atoms with Crippen LogP contribution in [0.25, 0.3) is 6.08 Å². The minimum atomic E-state index is -0.341. The highest BCUT2D eigenvalue weighted by Crippen LogP contribution is 2.31. The number of benzene rings is 2. The number of thioether (sulfide) groups is 1. The highest BCUT2D eigenvalue weighted by atomic mass is 32.2. The molecule has 6 heteroatoms. The lowest BCUT2D eigenvalue weighted by molar-refractivity contribution is 0.0600. The van der Waals surface area contributed by atoms with Gasteiger partial charge < -0.3 is 15.4 Å². The van der Waals surface area contributed by atoms with Crippen LogP contribution in [0.5, 0.6) is 0 Å². The van der Waals surface area contributed by atoms with E-state index in [4.69, 9.17) is 4.74 Å². The van der Waals surface area contributed by atoms with E-state index >= 15 is 0 Å². The van der Waals surface area contributed by atoms with Crippen LogP contribution in [0.3, 0.4) is 0 Å². The highest BCUT2D eigenvalue weighted by Gasteiger charge is 2.27. The first-order chi connectivity index (χ1) is 14.0. The molecule has 0 radical (unpaired) electrons. The standard InChI is InChI=1S/C23H24N2O3S/c1-4-6-19-18(13-21-15(2)25-23(27)29-21)7-5-8-20(19)24-14-16-9-11-17(12-10-16)22(26)28-3/h4-12,21,24H,2,13-14H2,1,3H3,(H,25,27)/b6-4-. The van der Waals surface area contributed by atoms with E-state index in [0.29, 0.717) is 12.1 Å². The van der Waals surface area contributed by atoms with Crippen molar-refractivity contribution in [1.82, 2.24) is 5.32 Å². The molecule has 0 aliphatic carbocycles. The molecule has 0 aromatic heterocycles. The first-order valence-electron chi connectivity index (χ1n) is 9.34. The van der Waals surface area contributed by atoms with Gasteiger partial charge in [-0.3, -0.25) is 4.79 Å². The second-order valence-electron chi connectivity index (χ2n) is 6.67. The van der Waals surface area contributed by atoms with Crippen molar-refractivity contribution in [3.8, 4) is 0 Å². The van der Waals surface area contributed by atoms with E-state index in [2.05, 4.69) is 29.4 Å². The van der Waals surface area contributed by atoms with Gasteiger partial charge in [0.1, 0.15) is 0 Å². The predicted octanol–water partition coefficient (Wildman–Crippen LogP) is 5.00. The van der Waals surface area contributed by atoms with Crippen molar-refractivity contribution in [3.05, 3.63) is 83.1 Å². The van der Waals surface area contributed by atoms with Gasteiger partial charge in [0.15, 0.2) is 0 Å². The number of allylic oxidation sites excluding steroid dienone is 1. The van der Waals surface area contributed by atoms with Crippen LogP contribution in [-0.4, -0.2) is 23.6 Å². The van der Waals surface area contributed by atoms with E-state index in [0.717, 1.165) is 34.5 Å². The second-order valence-corrected chi connectivity index (χ2v) is 7.84. The lowest BCUT2D eigenvalue weighted by Gasteiger charge is -2.16. The van der Waals surface area contributed by atoms with Gasteiger partial charge in [-0.1, -0.05) is 54.8 Å². The predicted molar refractivity (Wildman–Crippen MR) is 119 cm³/mol. The Labute approximate surface area is 175 Å². The maximum Gasteiger partial charge on any atom is 0.337 e. The number of nitrogens with one attached hydrogen (secondary N) is 2. The van der Waals surface area contributed by atoms with Crippen molar-refractivity contribution >= 4 is 34.7 Å². The van der Waals surface area contributed by atoms with Gasteiger partial charge in [0, 0.05) is 23.5 Å². The van der Waals surface area contributed by atoms with Gasteiger partial charge in [0.05, 0.1) is 17.9 Å². The molecule has 1 heterocycles. The summed E-state index contributed by atoms with van der Waals surface area (Å²) in [4.78, 5) is 23.2. The molecule has 1 aliphatic rings. The zero-order valence-corrected chi connectivity index (χ0v) is 17.3. The molecule has 1 aliphatic heterocycles. The summed E-state index contributed by atoms with van der Waals surface area (Å²) >= 11 is 1.28. The van der Waals surface area contributed by atoms with Crippen LogP contribution in [0.4, 0.5) is 10.5 Å². The number of methoxy groups -OCH3 is 1. The molecule has 1 unspecified atom stereocenters. The van der Waals surface area contributed by atoms with Gasteiger partial charge in [-0.2, -0.15) is 0 Å². The number of anilines is 1. The fourth-order valence-corrected chi connectivity index (χ4v) is 4.10. The number of rotatable bonds is 7. The van der Waals surface area contributed by atoms with E-state index in [1.807, 2.05) is 37.3 Å². The molecular weight excluding hydrogens is 384 g/mol. The lowest BCUT2D eigenvalue weighted by atomic mass is 9.99. The summed E-state index contributed by atoms with van der Waals surface area (Å²) in [7, 11) is 1.37. The maximum atomic E-state index is 11.6. The first kappa shape index (κ1) is 20.7. The Morgan fingerprint density at radius 3 is 2.66 bits per heavy atom. The van der Waals surface area contributed by atoms with Gasteiger partial charge >= 0.3 is 5.97 Å². The molecular formula is C23H24N2O3S. The molecule has 5 nitrogen and oxygen atoms in total. The summed E-state index contributed by atoms with van der Waals surface area (Å²) in [6, 6.07) is 13.5. The van der Waals surface area contributed by atoms with Crippen LogP contribution in [0.2, 0.25) is 0 Å². The van der Waals surface area contributed by atoms with Crippen LogP contribution in [0, 0.1) is 0 Å². The van der Waals surface area contributed by atoms with Gasteiger partial charge in [-0.15, -0.1) is 0 Å². The molecule has 0 bridgehead atoms. The Balaban J connectivity index is 1.76. The zero-order valence-electron chi connectivity index (χ0n) is 16.5. The normalized spacial score (nSPS) is 16.1. The smallest absolute Gasteiger partial charge is 0.337 e. The molecule has 1 saturated heterocycles. The minimum absolute atomic E-state index is 0.0348. The number of amides is 1. The molecule has 2 aromatic carbocycles. The highest BCUT2D eigenvalue weighted by molar-refractivity contribution is 8.14. The lowest BCUT2D eigenvalue weighted by Crippen LogP contribution is -2.13. The Kier molecular flexibility index (Phi) is 6.77. The molecule has 1 atom stereocenters. The molecule has 3 rings (SSSR count). The van der Waals surface area contributed by atoms with E-state index in [-0.39, 0.29) is 16.5 Å². The Morgan fingerprint density at radius 2 is 2.03 bits per heavy atom. The van der Waals surface area contributed by atoms with Gasteiger partial charge in [-0.25, -0.2) is 4.79 Å². The van der Waals surface area contributed by atoms with E-state index in [9.17, 15) is 9.59 Å². The average molecular weight is 409 g/mol. The number of carbonyl (C=O) groups excluding carboxylic acids is 2. The Morgan fingerprint density at radius 1 is 1.28 bits per heavy atom. The monoisotopic (exact) mass is 408 g/mol. The fraction of sp³-hybridized carbons (Fsp3) is 0.217. The van der Waals surface area contributed by atoms with Gasteiger partial charge in [0.25, 0.3) is 5.24 Å². The summed E-state index contributed by atoms with van der Waals surface area (Å²) < 4.78 is 4.73. The van der Waals surface area contributed by atoms with Gasteiger partial charge in [-0.05, 0) is 42.7 Å². The van der Waals surface area contributed by atoms with Crippen molar-refractivity contribution in [2.75, 3.05) is 12.4 Å². The first-order valence-corrected chi connectivity index (χ1v) is 10.2. The second kappa shape index (κ2) is 9.47. The Bertz CT molecular complexity index is 951. The van der Waals surface area contributed by atoms with Gasteiger partial charge in [0.2, 0.25) is 0 Å². The molecule has 0 saturated carbocycles. The third-order valence-corrected chi connectivity index (χ3v) is 5.75. The van der Waals surface area contributed by atoms with E-state index < -0.39 is 0 Å². The molecule has 0 spiro atoms.